The Morgan fingerprint density at radius 1 is 1.09 bits per heavy atom. The van der Waals surface area contributed by atoms with Crippen molar-refractivity contribution in [1.82, 2.24) is 14.8 Å². The van der Waals surface area contributed by atoms with Crippen LogP contribution in [0.15, 0.2) is 64.4 Å². The topological polar surface area (TPSA) is 73.0 Å². The van der Waals surface area contributed by atoms with Gasteiger partial charge in [0, 0.05) is 16.3 Å². The lowest BCUT2D eigenvalue weighted by atomic mass is 10.1. The molecule has 0 aliphatic heterocycles. The van der Waals surface area contributed by atoms with Crippen LogP contribution in [-0.2, 0) is 11.3 Å². The smallest absolute Gasteiger partial charge is 0.234 e. The monoisotopic (exact) mass is 466 g/mol. The highest BCUT2D eigenvalue weighted by Gasteiger charge is 2.18. The Bertz CT molecular complexity index is 1230. The predicted octanol–water partition coefficient (Wildman–Crippen LogP) is 5.90. The predicted molar refractivity (Wildman–Crippen MR) is 128 cm³/mol. The van der Waals surface area contributed by atoms with Crippen LogP contribution in [0, 0.1) is 20.8 Å². The first-order valence-electron chi connectivity index (χ1n) is 10.1. The number of nitrogens with zero attached hydrogens (tertiary/aromatic N) is 3. The largest absolute Gasteiger partial charge is 0.467 e. The average molecular weight is 467 g/mol. The minimum absolute atomic E-state index is 0.0955. The van der Waals surface area contributed by atoms with E-state index in [1.54, 1.807) is 6.26 Å². The number of halogens is 1. The van der Waals surface area contributed by atoms with Gasteiger partial charge in [-0.05, 0) is 56.2 Å². The molecule has 0 aliphatic carbocycles. The Hall–Kier alpha value is -3.03. The Morgan fingerprint density at radius 3 is 2.56 bits per heavy atom. The van der Waals surface area contributed by atoms with Crippen molar-refractivity contribution in [3.05, 3.63) is 82.3 Å². The van der Waals surface area contributed by atoms with Gasteiger partial charge in [-0.25, -0.2) is 0 Å². The Kier molecular flexibility index (Phi) is 6.67. The van der Waals surface area contributed by atoms with Gasteiger partial charge in [0.1, 0.15) is 5.76 Å². The molecule has 2 aromatic carbocycles. The van der Waals surface area contributed by atoms with Crippen LogP contribution in [0.3, 0.4) is 0 Å². The number of thioether (sulfide) groups is 1. The van der Waals surface area contributed by atoms with Crippen LogP contribution in [-0.4, -0.2) is 26.4 Å². The zero-order valence-corrected chi connectivity index (χ0v) is 19.6. The molecular formula is C24H23ClN4O2S. The van der Waals surface area contributed by atoms with E-state index in [9.17, 15) is 4.79 Å². The van der Waals surface area contributed by atoms with Gasteiger partial charge in [-0.15, -0.1) is 10.2 Å². The van der Waals surface area contributed by atoms with E-state index in [1.807, 2.05) is 61.7 Å². The molecule has 0 bridgehead atoms. The molecule has 2 heterocycles. The number of furan rings is 1. The van der Waals surface area contributed by atoms with Gasteiger partial charge < -0.3 is 9.73 Å². The lowest BCUT2D eigenvalue weighted by Crippen LogP contribution is -2.16. The van der Waals surface area contributed by atoms with Gasteiger partial charge in [0.25, 0.3) is 0 Å². The van der Waals surface area contributed by atoms with Gasteiger partial charge in [-0.2, -0.15) is 0 Å². The molecule has 8 heteroatoms. The Labute approximate surface area is 196 Å². The number of carbonyl (C=O) groups excluding carboxylic acids is 1. The van der Waals surface area contributed by atoms with Gasteiger partial charge >= 0.3 is 0 Å². The second-order valence-electron chi connectivity index (χ2n) is 7.59. The first kappa shape index (κ1) is 22.2. The number of aryl methyl sites for hydroxylation is 3. The van der Waals surface area contributed by atoms with Gasteiger partial charge in [0.2, 0.25) is 5.91 Å². The fourth-order valence-electron chi connectivity index (χ4n) is 3.62. The van der Waals surface area contributed by atoms with E-state index >= 15 is 0 Å². The van der Waals surface area contributed by atoms with Crippen LogP contribution in [0.2, 0.25) is 5.02 Å². The van der Waals surface area contributed by atoms with Crippen molar-refractivity contribution in [2.24, 2.45) is 0 Å². The SMILES string of the molecule is Cc1cc(C)c(NC(=O)CSc2nnc(-c3cccc(Cl)c3)n2Cc2ccco2)c(C)c1. The Balaban J connectivity index is 1.55. The zero-order chi connectivity index (χ0) is 22.7. The number of nitrogens with one attached hydrogen (secondary N) is 1. The van der Waals surface area contributed by atoms with E-state index in [0.29, 0.717) is 22.5 Å². The molecular weight excluding hydrogens is 444 g/mol. The summed E-state index contributed by atoms with van der Waals surface area (Å²) in [5.74, 6) is 1.54. The van der Waals surface area contributed by atoms with Crippen molar-refractivity contribution in [3.8, 4) is 11.4 Å². The molecule has 0 radical (unpaired) electrons. The molecule has 0 unspecified atom stereocenters. The van der Waals surface area contributed by atoms with Gasteiger partial charge in [0.05, 0.1) is 18.6 Å². The second kappa shape index (κ2) is 9.63. The molecule has 0 aliphatic rings. The fraction of sp³-hybridized carbons (Fsp3) is 0.208. The number of hydrogen-bond donors (Lipinski definition) is 1. The molecule has 0 fully saturated rings. The average Bonchev–Trinajstić information content (AvgIpc) is 3.39. The maximum atomic E-state index is 12.7. The summed E-state index contributed by atoms with van der Waals surface area (Å²) >= 11 is 7.51. The van der Waals surface area contributed by atoms with E-state index in [1.165, 1.54) is 17.3 Å². The third-order valence-corrected chi connectivity index (χ3v) is 6.17. The Morgan fingerprint density at radius 2 is 1.88 bits per heavy atom. The standard InChI is InChI=1S/C24H23ClN4O2S/c1-15-10-16(2)22(17(3)11-15)26-21(30)14-32-24-28-27-23(18-6-4-7-19(25)12-18)29(24)13-20-8-5-9-31-20/h4-12H,13-14H2,1-3H3,(H,26,30). The summed E-state index contributed by atoms with van der Waals surface area (Å²) in [7, 11) is 0. The second-order valence-corrected chi connectivity index (χ2v) is 8.97. The number of benzene rings is 2. The molecule has 0 atom stereocenters. The van der Waals surface area contributed by atoms with E-state index in [-0.39, 0.29) is 11.7 Å². The van der Waals surface area contributed by atoms with Gasteiger partial charge in [-0.1, -0.05) is 53.2 Å². The first-order chi connectivity index (χ1) is 15.4. The maximum absolute atomic E-state index is 12.7. The van der Waals surface area contributed by atoms with Crippen molar-refractivity contribution in [3.63, 3.8) is 0 Å². The third kappa shape index (κ3) is 5.06. The summed E-state index contributed by atoms with van der Waals surface area (Å²) in [6.07, 6.45) is 1.63. The van der Waals surface area contributed by atoms with E-state index in [2.05, 4.69) is 27.6 Å². The molecule has 1 amide bonds. The highest BCUT2D eigenvalue weighted by molar-refractivity contribution is 7.99. The number of rotatable bonds is 7. The van der Waals surface area contributed by atoms with Crippen molar-refractivity contribution in [2.75, 3.05) is 11.1 Å². The molecule has 0 spiro atoms. The molecule has 6 nitrogen and oxygen atoms in total. The van der Waals surface area contributed by atoms with Crippen LogP contribution in [0.25, 0.3) is 11.4 Å². The van der Waals surface area contributed by atoms with E-state index < -0.39 is 0 Å². The third-order valence-electron chi connectivity index (χ3n) is 4.97. The maximum Gasteiger partial charge on any atom is 0.234 e. The van der Waals surface area contributed by atoms with Gasteiger partial charge in [-0.3, -0.25) is 9.36 Å². The summed E-state index contributed by atoms with van der Waals surface area (Å²) in [5, 5.41) is 13.0. The quantitative estimate of drug-likeness (QED) is 0.343. The summed E-state index contributed by atoms with van der Waals surface area (Å²) in [6.45, 7) is 6.49. The number of hydrogen-bond acceptors (Lipinski definition) is 5. The molecule has 164 valence electrons. The summed E-state index contributed by atoms with van der Waals surface area (Å²) in [5.41, 5.74) is 4.97. The summed E-state index contributed by atoms with van der Waals surface area (Å²) < 4.78 is 7.46. The van der Waals surface area contributed by atoms with Crippen LogP contribution < -0.4 is 5.32 Å². The van der Waals surface area contributed by atoms with Crippen molar-refractivity contribution in [2.45, 2.75) is 32.5 Å². The molecule has 4 aromatic rings. The molecule has 0 saturated carbocycles. The lowest BCUT2D eigenvalue weighted by Gasteiger charge is -2.13. The zero-order valence-electron chi connectivity index (χ0n) is 18.1. The highest BCUT2D eigenvalue weighted by Crippen LogP contribution is 2.28. The number of anilines is 1. The normalized spacial score (nSPS) is 11.0. The fourth-order valence-corrected chi connectivity index (χ4v) is 4.55. The van der Waals surface area contributed by atoms with Crippen molar-refractivity contribution >= 4 is 35.0 Å². The van der Waals surface area contributed by atoms with E-state index in [0.717, 1.165) is 28.1 Å². The summed E-state index contributed by atoms with van der Waals surface area (Å²) in [6, 6.07) is 15.3. The minimum atomic E-state index is -0.0955. The minimum Gasteiger partial charge on any atom is -0.467 e. The van der Waals surface area contributed by atoms with Crippen LogP contribution in [0.5, 0.6) is 0 Å². The number of aromatic nitrogens is 3. The highest BCUT2D eigenvalue weighted by atomic mass is 35.5. The first-order valence-corrected chi connectivity index (χ1v) is 11.5. The van der Waals surface area contributed by atoms with Crippen LogP contribution in [0.1, 0.15) is 22.5 Å². The molecule has 4 rings (SSSR count). The van der Waals surface area contributed by atoms with Crippen LogP contribution >= 0.6 is 23.4 Å². The number of amides is 1. The van der Waals surface area contributed by atoms with Crippen molar-refractivity contribution < 1.29 is 9.21 Å². The van der Waals surface area contributed by atoms with Gasteiger partial charge in [0.15, 0.2) is 11.0 Å². The van der Waals surface area contributed by atoms with Crippen LogP contribution in [0.4, 0.5) is 5.69 Å². The number of carbonyl (C=O) groups is 1. The van der Waals surface area contributed by atoms with E-state index in [4.69, 9.17) is 16.0 Å². The van der Waals surface area contributed by atoms with Crippen molar-refractivity contribution in [1.29, 1.82) is 0 Å². The molecule has 2 aromatic heterocycles. The lowest BCUT2D eigenvalue weighted by molar-refractivity contribution is -0.113. The molecule has 0 saturated heterocycles. The molecule has 32 heavy (non-hydrogen) atoms. The summed E-state index contributed by atoms with van der Waals surface area (Å²) in [4.78, 5) is 12.7. The molecule has 1 N–H and O–H groups in total.